The van der Waals surface area contributed by atoms with Crippen molar-refractivity contribution in [2.24, 2.45) is 5.92 Å². The lowest BCUT2D eigenvalue weighted by Crippen LogP contribution is -2.32. The standard InChI is InChI=1S/C13H16N4O/c14-9-4-5-11-10(6-9)12(17-16-11)13(18)15-7-8-2-1-3-8/h4-6,8H,1-3,7,14H2,(H,15,18)(H,16,17). The number of aromatic nitrogens is 2. The molecule has 1 aromatic heterocycles. The molecule has 0 bridgehead atoms. The van der Waals surface area contributed by atoms with Gasteiger partial charge in [-0.25, -0.2) is 0 Å². The summed E-state index contributed by atoms with van der Waals surface area (Å²) in [5, 5.41) is 10.6. The molecule has 1 fully saturated rings. The van der Waals surface area contributed by atoms with Gasteiger partial charge in [0.1, 0.15) is 0 Å². The summed E-state index contributed by atoms with van der Waals surface area (Å²) < 4.78 is 0. The van der Waals surface area contributed by atoms with E-state index in [1.165, 1.54) is 19.3 Å². The number of aromatic amines is 1. The van der Waals surface area contributed by atoms with E-state index >= 15 is 0 Å². The summed E-state index contributed by atoms with van der Waals surface area (Å²) in [5.41, 5.74) is 7.63. The van der Waals surface area contributed by atoms with Crippen molar-refractivity contribution in [2.45, 2.75) is 19.3 Å². The summed E-state index contributed by atoms with van der Waals surface area (Å²) in [4.78, 5) is 12.0. The number of nitrogens with zero attached hydrogens (tertiary/aromatic N) is 1. The molecule has 1 aliphatic rings. The van der Waals surface area contributed by atoms with Crippen LogP contribution in [0, 0.1) is 5.92 Å². The molecular weight excluding hydrogens is 228 g/mol. The zero-order chi connectivity index (χ0) is 12.5. The minimum Gasteiger partial charge on any atom is -0.399 e. The maximum atomic E-state index is 12.0. The van der Waals surface area contributed by atoms with Crippen LogP contribution < -0.4 is 11.1 Å². The first-order valence-electron chi connectivity index (χ1n) is 6.26. The van der Waals surface area contributed by atoms with Gasteiger partial charge in [-0.1, -0.05) is 6.42 Å². The Labute approximate surface area is 105 Å². The molecule has 4 N–H and O–H groups in total. The van der Waals surface area contributed by atoms with Gasteiger partial charge in [0.25, 0.3) is 5.91 Å². The Hall–Kier alpha value is -2.04. The van der Waals surface area contributed by atoms with Crippen LogP contribution in [0.15, 0.2) is 18.2 Å². The number of carbonyl (C=O) groups excluding carboxylic acids is 1. The van der Waals surface area contributed by atoms with Crippen molar-refractivity contribution in [2.75, 3.05) is 12.3 Å². The fraction of sp³-hybridized carbons (Fsp3) is 0.385. The van der Waals surface area contributed by atoms with Gasteiger partial charge >= 0.3 is 0 Å². The Balaban J connectivity index is 1.79. The predicted octanol–water partition coefficient (Wildman–Crippen LogP) is 1.67. The third-order valence-corrected chi connectivity index (χ3v) is 3.58. The number of nitrogens with two attached hydrogens (primary N) is 1. The molecule has 1 aromatic carbocycles. The molecule has 1 heterocycles. The Kier molecular flexibility index (Phi) is 2.66. The van der Waals surface area contributed by atoms with Crippen molar-refractivity contribution in [3.63, 3.8) is 0 Å². The number of nitrogens with one attached hydrogen (secondary N) is 2. The van der Waals surface area contributed by atoms with Gasteiger partial charge in [-0.05, 0) is 37.0 Å². The van der Waals surface area contributed by atoms with Crippen molar-refractivity contribution < 1.29 is 4.79 Å². The first-order chi connectivity index (χ1) is 8.74. The number of hydrogen-bond donors (Lipinski definition) is 3. The normalized spacial score (nSPS) is 15.6. The molecule has 0 spiro atoms. The van der Waals surface area contributed by atoms with E-state index in [4.69, 9.17) is 5.73 Å². The van der Waals surface area contributed by atoms with Crippen LogP contribution in [-0.2, 0) is 0 Å². The van der Waals surface area contributed by atoms with Gasteiger partial charge in [0, 0.05) is 17.6 Å². The van der Waals surface area contributed by atoms with Crippen molar-refractivity contribution in [1.82, 2.24) is 15.5 Å². The van der Waals surface area contributed by atoms with Crippen molar-refractivity contribution in [3.8, 4) is 0 Å². The fourth-order valence-electron chi connectivity index (χ4n) is 2.22. The number of anilines is 1. The minimum atomic E-state index is -0.126. The number of amides is 1. The molecule has 5 heteroatoms. The Morgan fingerprint density at radius 1 is 1.50 bits per heavy atom. The van der Waals surface area contributed by atoms with Crippen LogP contribution in [0.4, 0.5) is 5.69 Å². The number of nitrogen functional groups attached to an aromatic ring is 1. The van der Waals surface area contributed by atoms with Crippen LogP contribution in [-0.4, -0.2) is 22.6 Å². The van der Waals surface area contributed by atoms with Crippen LogP contribution in [0.25, 0.3) is 10.9 Å². The molecule has 18 heavy (non-hydrogen) atoms. The number of fused-ring (bicyclic) bond motifs is 1. The van der Waals surface area contributed by atoms with E-state index in [9.17, 15) is 4.79 Å². The highest BCUT2D eigenvalue weighted by Crippen LogP contribution is 2.25. The van der Waals surface area contributed by atoms with Gasteiger partial charge in [0.15, 0.2) is 5.69 Å². The van der Waals surface area contributed by atoms with Gasteiger partial charge in [0.2, 0.25) is 0 Å². The molecule has 0 atom stereocenters. The largest absolute Gasteiger partial charge is 0.399 e. The molecule has 0 aliphatic heterocycles. The van der Waals surface area contributed by atoms with Gasteiger partial charge in [0.05, 0.1) is 5.52 Å². The molecule has 94 valence electrons. The van der Waals surface area contributed by atoms with Crippen molar-refractivity contribution >= 4 is 22.5 Å². The van der Waals surface area contributed by atoms with Gasteiger partial charge in [-0.15, -0.1) is 0 Å². The lowest BCUT2D eigenvalue weighted by atomic mass is 9.85. The minimum absolute atomic E-state index is 0.126. The second-order valence-corrected chi connectivity index (χ2v) is 4.88. The van der Waals surface area contributed by atoms with Crippen LogP contribution >= 0.6 is 0 Å². The van der Waals surface area contributed by atoms with Crippen LogP contribution in [0.1, 0.15) is 29.8 Å². The quantitative estimate of drug-likeness (QED) is 0.718. The Bertz CT molecular complexity index is 586. The Morgan fingerprint density at radius 3 is 3.06 bits per heavy atom. The maximum Gasteiger partial charge on any atom is 0.272 e. The predicted molar refractivity (Wildman–Crippen MR) is 70.2 cm³/mol. The third-order valence-electron chi connectivity index (χ3n) is 3.58. The van der Waals surface area contributed by atoms with Crippen LogP contribution in [0.3, 0.4) is 0 Å². The van der Waals surface area contributed by atoms with E-state index in [0.717, 1.165) is 17.4 Å². The third kappa shape index (κ3) is 1.92. The van der Waals surface area contributed by atoms with Gasteiger partial charge in [-0.3, -0.25) is 9.89 Å². The molecular formula is C13H16N4O. The molecule has 0 saturated heterocycles. The van der Waals surface area contributed by atoms with E-state index in [2.05, 4.69) is 15.5 Å². The van der Waals surface area contributed by atoms with Gasteiger partial charge < -0.3 is 11.1 Å². The lowest BCUT2D eigenvalue weighted by Gasteiger charge is -2.25. The number of H-pyrrole nitrogens is 1. The Morgan fingerprint density at radius 2 is 2.33 bits per heavy atom. The lowest BCUT2D eigenvalue weighted by molar-refractivity contribution is 0.0935. The summed E-state index contributed by atoms with van der Waals surface area (Å²) >= 11 is 0. The second kappa shape index (κ2) is 4.33. The highest BCUT2D eigenvalue weighted by molar-refractivity contribution is 6.05. The summed E-state index contributed by atoms with van der Waals surface area (Å²) in [6, 6.07) is 5.40. The van der Waals surface area contributed by atoms with Crippen molar-refractivity contribution in [1.29, 1.82) is 0 Å². The first-order valence-corrected chi connectivity index (χ1v) is 6.26. The average Bonchev–Trinajstić information content (AvgIpc) is 2.69. The summed E-state index contributed by atoms with van der Waals surface area (Å²) in [5.74, 6) is 0.517. The molecule has 1 saturated carbocycles. The van der Waals surface area contributed by atoms with Crippen LogP contribution in [0.5, 0.6) is 0 Å². The zero-order valence-corrected chi connectivity index (χ0v) is 10.1. The highest BCUT2D eigenvalue weighted by Gasteiger charge is 2.20. The van der Waals surface area contributed by atoms with Crippen molar-refractivity contribution in [3.05, 3.63) is 23.9 Å². The van der Waals surface area contributed by atoms with E-state index < -0.39 is 0 Å². The summed E-state index contributed by atoms with van der Waals surface area (Å²) in [6.07, 6.45) is 3.71. The van der Waals surface area contributed by atoms with E-state index in [0.29, 0.717) is 17.3 Å². The summed E-state index contributed by atoms with van der Waals surface area (Å²) in [7, 11) is 0. The van der Waals surface area contributed by atoms with Crippen LogP contribution in [0.2, 0.25) is 0 Å². The highest BCUT2D eigenvalue weighted by atomic mass is 16.1. The van der Waals surface area contributed by atoms with E-state index in [1.54, 1.807) is 12.1 Å². The van der Waals surface area contributed by atoms with E-state index in [-0.39, 0.29) is 5.91 Å². The SMILES string of the molecule is Nc1ccc2[nH]nc(C(=O)NCC3CCC3)c2c1. The molecule has 3 rings (SSSR count). The molecule has 1 amide bonds. The monoisotopic (exact) mass is 244 g/mol. The molecule has 0 radical (unpaired) electrons. The zero-order valence-electron chi connectivity index (χ0n) is 10.1. The number of rotatable bonds is 3. The second-order valence-electron chi connectivity index (χ2n) is 4.88. The average molecular weight is 244 g/mol. The molecule has 2 aromatic rings. The first kappa shape index (κ1) is 11.1. The molecule has 1 aliphatic carbocycles. The maximum absolute atomic E-state index is 12.0. The smallest absolute Gasteiger partial charge is 0.272 e. The topological polar surface area (TPSA) is 83.8 Å². The molecule has 5 nitrogen and oxygen atoms in total. The molecule has 0 unspecified atom stereocenters. The number of carbonyl (C=O) groups is 1. The number of benzene rings is 1. The van der Waals surface area contributed by atoms with E-state index in [1.807, 2.05) is 6.07 Å². The van der Waals surface area contributed by atoms with Gasteiger partial charge in [-0.2, -0.15) is 5.10 Å². The fourth-order valence-corrected chi connectivity index (χ4v) is 2.22. The summed E-state index contributed by atoms with van der Waals surface area (Å²) in [6.45, 7) is 0.746. The number of hydrogen-bond acceptors (Lipinski definition) is 3.